The van der Waals surface area contributed by atoms with Gasteiger partial charge in [-0.1, -0.05) is 0 Å². The lowest BCUT2D eigenvalue weighted by Gasteiger charge is -1.62. The fourth-order valence-electron chi connectivity index (χ4n) is 0. The lowest BCUT2D eigenvalue weighted by atomic mass is 11.7. The minimum absolute atomic E-state index is 1.88. The molecule has 0 aromatic rings. The Kier molecular flexibility index (Phi) is 2.04. The van der Waals surface area contributed by atoms with Gasteiger partial charge in [-0.3, -0.25) is 0 Å². The SMILES string of the molecule is [CH2]ON=O. The Morgan fingerprint density at radius 1 is 2.00 bits per heavy atom. The summed E-state index contributed by atoms with van der Waals surface area (Å²) >= 11 is 0. The first-order valence-electron chi connectivity index (χ1n) is 0.654. The van der Waals surface area contributed by atoms with E-state index in [0.29, 0.717) is 0 Å². The molecule has 0 heterocycles. The van der Waals surface area contributed by atoms with Gasteiger partial charge in [0.25, 0.3) is 0 Å². The van der Waals surface area contributed by atoms with Gasteiger partial charge in [-0.2, -0.15) is 0 Å². The Bertz CT molecular complexity index is 20.0. The molecule has 3 nitrogen and oxygen atoms in total. The normalized spacial score (nSPS) is 5.25. The smallest absolute Gasteiger partial charge is 0.157 e. The van der Waals surface area contributed by atoms with E-state index in [4.69, 9.17) is 4.91 Å². The average molecular weight is 60.0 g/mol. The standard InChI is InChI=1S/CH2NO2/c1-4-2-3/h1H2. The lowest BCUT2D eigenvalue weighted by molar-refractivity contribution is 0.254. The summed E-state index contributed by atoms with van der Waals surface area (Å²) in [6, 6.07) is 0. The summed E-state index contributed by atoms with van der Waals surface area (Å²) in [5, 5.41) is 1.88. The molecule has 0 aliphatic carbocycles. The zero-order valence-corrected chi connectivity index (χ0v) is 1.97. The minimum atomic E-state index is 1.88. The van der Waals surface area contributed by atoms with Gasteiger partial charge in [-0.05, 0) is 0 Å². The van der Waals surface area contributed by atoms with Crippen LogP contribution in [0.3, 0.4) is 0 Å². The van der Waals surface area contributed by atoms with E-state index in [-0.39, 0.29) is 0 Å². The van der Waals surface area contributed by atoms with Crippen LogP contribution in [0, 0.1) is 12.0 Å². The highest BCUT2D eigenvalue weighted by Gasteiger charge is 1.45. The first-order chi connectivity index (χ1) is 1.91. The highest BCUT2D eigenvalue weighted by atomic mass is 16.7. The second kappa shape index (κ2) is 2.40. The molecule has 0 saturated heterocycles. The van der Waals surface area contributed by atoms with Gasteiger partial charge in [-0.25, -0.2) is 0 Å². The van der Waals surface area contributed by atoms with E-state index >= 15 is 0 Å². The van der Waals surface area contributed by atoms with Gasteiger partial charge in [-0.15, -0.1) is 4.91 Å². The van der Waals surface area contributed by atoms with Crippen LogP contribution in [0.15, 0.2) is 5.34 Å². The Morgan fingerprint density at radius 3 is 2.25 bits per heavy atom. The van der Waals surface area contributed by atoms with Gasteiger partial charge in [0.1, 0.15) is 0 Å². The summed E-state index contributed by atoms with van der Waals surface area (Å²) in [4.78, 5) is 12.0. The van der Waals surface area contributed by atoms with Crippen molar-refractivity contribution in [2.75, 3.05) is 0 Å². The van der Waals surface area contributed by atoms with E-state index < -0.39 is 0 Å². The summed E-state index contributed by atoms with van der Waals surface area (Å²) in [6.45, 7) is 0. The molecule has 0 aliphatic heterocycles. The Labute approximate surface area is 23.5 Å². The van der Waals surface area contributed by atoms with E-state index in [0.717, 1.165) is 0 Å². The first kappa shape index (κ1) is 3.40. The second-order valence-electron chi connectivity index (χ2n) is 0.204. The molecule has 0 atom stereocenters. The van der Waals surface area contributed by atoms with E-state index in [9.17, 15) is 0 Å². The van der Waals surface area contributed by atoms with Crippen molar-refractivity contribution in [2.45, 2.75) is 0 Å². The number of nitrogens with zero attached hydrogens (tertiary/aromatic N) is 1. The highest BCUT2D eigenvalue weighted by molar-refractivity contribution is 3.96. The second-order valence-corrected chi connectivity index (χ2v) is 0.204. The first-order valence-corrected chi connectivity index (χ1v) is 0.654. The maximum Gasteiger partial charge on any atom is 0.157 e. The molecule has 0 amide bonds. The molecular weight excluding hydrogens is 58.0 g/mol. The molecule has 0 aromatic heterocycles. The maximum atomic E-state index is 8.64. The molecule has 0 aliphatic rings. The van der Waals surface area contributed by atoms with Crippen LogP contribution in [0.1, 0.15) is 0 Å². The highest BCUT2D eigenvalue weighted by Crippen LogP contribution is 1.56. The van der Waals surface area contributed by atoms with Gasteiger partial charge in [0.2, 0.25) is 0 Å². The van der Waals surface area contributed by atoms with Gasteiger partial charge < -0.3 is 4.84 Å². The molecule has 0 rings (SSSR count). The summed E-state index contributed by atoms with van der Waals surface area (Å²) in [5.74, 6) is 0. The molecular formula is CH2NO2. The molecule has 3 heteroatoms. The summed E-state index contributed by atoms with van der Waals surface area (Å²) in [5.41, 5.74) is 0. The lowest BCUT2D eigenvalue weighted by Crippen LogP contribution is -1.47. The predicted octanol–water partition coefficient (Wildman–Crippen LogP) is 0.476. The van der Waals surface area contributed by atoms with Crippen molar-refractivity contribution in [2.24, 2.45) is 5.34 Å². The third kappa shape index (κ3) is 1.40. The zero-order chi connectivity index (χ0) is 3.41. The van der Waals surface area contributed by atoms with Crippen LogP contribution < -0.4 is 0 Å². The third-order valence-electron chi connectivity index (χ3n) is 0.0527. The molecule has 0 fully saturated rings. The Balaban J connectivity index is 2.30. The van der Waals surface area contributed by atoms with E-state index in [1.807, 2.05) is 5.34 Å². The summed E-state index contributed by atoms with van der Waals surface area (Å²) in [6.07, 6.45) is 0. The molecule has 0 bridgehead atoms. The summed E-state index contributed by atoms with van der Waals surface area (Å²) < 4.78 is 0. The Morgan fingerprint density at radius 2 is 2.25 bits per heavy atom. The minimum Gasteiger partial charge on any atom is -0.360 e. The van der Waals surface area contributed by atoms with Crippen molar-refractivity contribution < 1.29 is 4.84 Å². The molecule has 0 saturated carbocycles. The van der Waals surface area contributed by atoms with E-state index in [1.165, 1.54) is 0 Å². The Hall–Kier alpha value is -0.600. The molecule has 1 radical (unpaired) electrons. The van der Waals surface area contributed by atoms with Crippen molar-refractivity contribution in [1.82, 2.24) is 0 Å². The number of hydrogen-bond donors (Lipinski definition) is 0. The molecule has 4 heavy (non-hydrogen) atoms. The van der Waals surface area contributed by atoms with Gasteiger partial charge in [0, 0.05) is 0 Å². The molecule has 0 spiro atoms. The van der Waals surface area contributed by atoms with Gasteiger partial charge in [0.05, 0.1) is 0 Å². The van der Waals surface area contributed by atoms with Crippen molar-refractivity contribution in [3.8, 4) is 0 Å². The zero-order valence-electron chi connectivity index (χ0n) is 1.97. The van der Waals surface area contributed by atoms with Gasteiger partial charge in [0.15, 0.2) is 12.4 Å². The summed E-state index contributed by atoms with van der Waals surface area (Å²) in [7, 11) is 2.62. The predicted molar refractivity (Wildman–Crippen MR) is 12.2 cm³/mol. The fraction of sp³-hybridized carbons (Fsp3) is 0. The number of rotatable bonds is 1. The van der Waals surface area contributed by atoms with Crippen LogP contribution in [-0.2, 0) is 4.84 Å². The molecule has 23 valence electrons. The molecule has 0 aromatic carbocycles. The monoisotopic (exact) mass is 60.0 g/mol. The van der Waals surface area contributed by atoms with Crippen LogP contribution >= 0.6 is 0 Å². The van der Waals surface area contributed by atoms with Crippen molar-refractivity contribution in [1.29, 1.82) is 0 Å². The van der Waals surface area contributed by atoms with Crippen LogP contribution in [0.25, 0.3) is 0 Å². The van der Waals surface area contributed by atoms with E-state index in [1.54, 1.807) is 0 Å². The van der Waals surface area contributed by atoms with Crippen molar-refractivity contribution in [3.63, 3.8) is 0 Å². The van der Waals surface area contributed by atoms with Crippen LogP contribution in [-0.4, -0.2) is 0 Å². The van der Waals surface area contributed by atoms with Crippen molar-refractivity contribution in [3.05, 3.63) is 12.0 Å². The number of hydrogen-bond acceptors (Lipinski definition) is 3. The quantitative estimate of drug-likeness (QED) is 0.326. The van der Waals surface area contributed by atoms with Crippen LogP contribution in [0.5, 0.6) is 0 Å². The fourth-order valence-corrected chi connectivity index (χ4v) is 0. The van der Waals surface area contributed by atoms with Crippen molar-refractivity contribution >= 4 is 0 Å². The average Bonchev–Trinajstić information content (AvgIpc) is 1.37. The van der Waals surface area contributed by atoms with Gasteiger partial charge >= 0.3 is 0 Å². The van der Waals surface area contributed by atoms with Crippen LogP contribution in [0.4, 0.5) is 0 Å². The molecule has 0 unspecified atom stereocenters. The third-order valence-corrected chi connectivity index (χ3v) is 0.0527. The van der Waals surface area contributed by atoms with Crippen LogP contribution in [0.2, 0.25) is 0 Å². The largest absolute Gasteiger partial charge is 0.360 e. The van der Waals surface area contributed by atoms with E-state index in [2.05, 4.69) is 11.9 Å². The topological polar surface area (TPSA) is 38.7 Å². The maximum absolute atomic E-state index is 8.64. The molecule has 0 N–H and O–H groups in total.